The van der Waals surface area contributed by atoms with E-state index in [0.717, 1.165) is 5.56 Å². The number of hydrazone groups is 1. The second-order valence-electron chi connectivity index (χ2n) is 6.20. The first-order chi connectivity index (χ1) is 13.8. The highest BCUT2D eigenvalue weighted by molar-refractivity contribution is 6.42. The highest BCUT2D eigenvalue weighted by atomic mass is 35.5. The predicted octanol–water partition coefficient (Wildman–Crippen LogP) is 4.59. The van der Waals surface area contributed by atoms with E-state index in [1.54, 1.807) is 43.3 Å². The Morgan fingerprint density at radius 1 is 1.10 bits per heavy atom. The molecule has 154 valence electrons. The van der Waals surface area contributed by atoms with Crippen LogP contribution in [0.25, 0.3) is 0 Å². The first kappa shape index (κ1) is 23.0. The molecule has 0 aliphatic rings. The smallest absolute Gasteiger partial charge is 0.329 e. The minimum atomic E-state index is -0.859. The topological polar surface area (TPSA) is 79.8 Å². The normalized spacial score (nSPS) is 11.9. The number of rotatable bonds is 7. The lowest BCUT2D eigenvalue weighted by molar-refractivity contribution is -0.139. The number of amides is 2. The van der Waals surface area contributed by atoms with E-state index in [1.807, 2.05) is 6.92 Å². The van der Waals surface area contributed by atoms with Crippen molar-refractivity contribution in [1.29, 1.82) is 0 Å². The van der Waals surface area contributed by atoms with Gasteiger partial charge in [0, 0.05) is 16.6 Å². The van der Waals surface area contributed by atoms with Gasteiger partial charge < -0.3 is 10.1 Å². The molecule has 2 aromatic rings. The van der Waals surface area contributed by atoms with Crippen LogP contribution in [0.3, 0.4) is 0 Å². The molecule has 2 amide bonds. The molecule has 0 saturated heterocycles. The highest BCUT2D eigenvalue weighted by Crippen LogP contribution is 2.25. The number of nitrogens with zero attached hydrogens (tertiary/aromatic N) is 1. The summed E-state index contributed by atoms with van der Waals surface area (Å²) in [6.45, 7) is 3.95. The zero-order valence-corrected chi connectivity index (χ0v) is 18.1. The number of hydrogen-bond donors (Lipinski definition) is 2. The fourth-order valence-corrected chi connectivity index (χ4v) is 2.65. The fourth-order valence-electron chi connectivity index (χ4n) is 2.14. The van der Waals surface area contributed by atoms with Crippen molar-refractivity contribution in [3.05, 3.63) is 62.6 Å². The van der Waals surface area contributed by atoms with E-state index in [1.165, 1.54) is 6.21 Å². The molecule has 0 heterocycles. The molecule has 2 N–H and O–H groups in total. The largest absolute Gasteiger partial charge is 0.488 e. The van der Waals surface area contributed by atoms with E-state index < -0.39 is 11.8 Å². The second-order valence-corrected chi connectivity index (χ2v) is 7.45. The maximum atomic E-state index is 11.8. The van der Waals surface area contributed by atoms with Crippen molar-refractivity contribution in [1.82, 2.24) is 10.7 Å². The SMILES string of the molecule is CC[C@H](C)NC(=O)C(=O)N/N=C\c1cc(Cl)ccc1OCc1ccc(Cl)c(Cl)c1. The van der Waals surface area contributed by atoms with Crippen LogP contribution in [-0.4, -0.2) is 24.1 Å². The quantitative estimate of drug-likeness (QED) is 0.363. The number of carbonyl (C=O) groups excluding carboxylic acids is 2. The summed E-state index contributed by atoms with van der Waals surface area (Å²) >= 11 is 18.0. The summed E-state index contributed by atoms with van der Waals surface area (Å²) in [6.07, 6.45) is 2.06. The molecule has 2 aromatic carbocycles. The molecule has 0 aliphatic carbocycles. The van der Waals surface area contributed by atoms with Gasteiger partial charge in [-0.05, 0) is 49.2 Å². The Morgan fingerprint density at radius 2 is 1.86 bits per heavy atom. The van der Waals surface area contributed by atoms with E-state index in [9.17, 15) is 9.59 Å². The molecule has 0 radical (unpaired) electrons. The Morgan fingerprint density at radius 3 is 2.55 bits per heavy atom. The number of halogens is 3. The summed E-state index contributed by atoms with van der Waals surface area (Å²) in [7, 11) is 0. The van der Waals surface area contributed by atoms with Gasteiger partial charge in [0.25, 0.3) is 0 Å². The fraction of sp³-hybridized carbons (Fsp3) is 0.250. The molecule has 0 aliphatic heterocycles. The average molecular weight is 457 g/mol. The molecule has 0 saturated carbocycles. The van der Waals surface area contributed by atoms with Crippen LogP contribution in [0.15, 0.2) is 41.5 Å². The molecule has 0 fully saturated rings. The monoisotopic (exact) mass is 455 g/mol. The van der Waals surface area contributed by atoms with Crippen molar-refractivity contribution in [2.24, 2.45) is 5.10 Å². The standard InChI is InChI=1S/C20H20Cl3N3O3/c1-3-12(2)25-19(27)20(28)26-24-10-14-9-15(21)5-7-18(14)29-11-13-4-6-16(22)17(23)8-13/h4-10,12H,3,11H2,1-2H3,(H,25,27)(H,26,28)/b24-10-/t12-/m0/s1. The molecular formula is C20H20Cl3N3O3. The molecule has 6 nitrogen and oxygen atoms in total. The molecule has 0 unspecified atom stereocenters. The lowest BCUT2D eigenvalue weighted by atomic mass is 10.2. The molecule has 2 rings (SSSR count). The van der Waals surface area contributed by atoms with Gasteiger partial charge in [-0.15, -0.1) is 0 Å². The lowest BCUT2D eigenvalue weighted by Gasteiger charge is -2.11. The minimum Gasteiger partial charge on any atom is -0.488 e. The van der Waals surface area contributed by atoms with Crippen LogP contribution in [0, 0.1) is 0 Å². The van der Waals surface area contributed by atoms with E-state index in [4.69, 9.17) is 39.5 Å². The Balaban J connectivity index is 2.03. The van der Waals surface area contributed by atoms with Crippen molar-refractivity contribution in [3.63, 3.8) is 0 Å². The van der Waals surface area contributed by atoms with Crippen LogP contribution in [0.4, 0.5) is 0 Å². The van der Waals surface area contributed by atoms with Gasteiger partial charge in [0.1, 0.15) is 12.4 Å². The van der Waals surface area contributed by atoms with Gasteiger partial charge in [-0.2, -0.15) is 5.10 Å². The van der Waals surface area contributed by atoms with Crippen LogP contribution < -0.4 is 15.5 Å². The Hall–Kier alpha value is -2.28. The van der Waals surface area contributed by atoms with Crippen molar-refractivity contribution >= 4 is 52.8 Å². The predicted molar refractivity (Wildman–Crippen MR) is 116 cm³/mol. The van der Waals surface area contributed by atoms with Gasteiger partial charge in [-0.3, -0.25) is 9.59 Å². The van der Waals surface area contributed by atoms with Crippen molar-refractivity contribution in [2.45, 2.75) is 32.9 Å². The van der Waals surface area contributed by atoms with Crippen LogP contribution in [0.2, 0.25) is 15.1 Å². The van der Waals surface area contributed by atoms with Gasteiger partial charge in [-0.1, -0.05) is 47.8 Å². The number of benzene rings is 2. The van der Waals surface area contributed by atoms with Crippen molar-refractivity contribution < 1.29 is 14.3 Å². The Kier molecular flexibility index (Phi) is 8.76. The first-order valence-electron chi connectivity index (χ1n) is 8.80. The third-order valence-corrected chi connectivity index (χ3v) is 4.89. The maximum Gasteiger partial charge on any atom is 0.329 e. The maximum absolute atomic E-state index is 11.8. The van der Waals surface area contributed by atoms with Crippen LogP contribution >= 0.6 is 34.8 Å². The molecule has 0 bridgehead atoms. The zero-order chi connectivity index (χ0) is 21.4. The third kappa shape index (κ3) is 7.24. The summed E-state index contributed by atoms with van der Waals surface area (Å²) in [4.78, 5) is 23.5. The Labute approximate surface area is 184 Å². The second kappa shape index (κ2) is 11.0. The summed E-state index contributed by atoms with van der Waals surface area (Å²) in [5.74, 6) is -1.12. The number of hydrogen-bond acceptors (Lipinski definition) is 4. The van der Waals surface area contributed by atoms with Crippen LogP contribution in [0.1, 0.15) is 31.4 Å². The molecule has 29 heavy (non-hydrogen) atoms. The molecule has 9 heteroatoms. The summed E-state index contributed by atoms with van der Waals surface area (Å²) in [5.41, 5.74) is 3.54. The molecular weight excluding hydrogens is 437 g/mol. The average Bonchev–Trinajstić information content (AvgIpc) is 2.69. The number of carbonyl (C=O) groups is 2. The minimum absolute atomic E-state index is 0.105. The molecule has 0 spiro atoms. The number of ether oxygens (including phenoxy) is 1. The summed E-state index contributed by atoms with van der Waals surface area (Å²) in [6, 6.07) is 10.1. The van der Waals surface area contributed by atoms with Gasteiger partial charge in [-0.25, -0.2) is 5.43 Å². The lowest BCUT2D eigenvalue weighted by Crippen LogP contribution is -2.41. The van der Waals surface area contributed by atoms with Gasteiger partial charge in [0.15, 0.2) is 0 Å². The summed E-state index contributed by atoms with van der Waals surface area (Å²) in [5, 5.41) is 7.73. The zero-order valence-electron chi connectivity index (χ0n) is 15.8. The van der Waals surface area contributed by atoms with E-state index in [0.29, 0.717) is 32.8 Å². The van der Waals surface area contributed by atoms with Gasteiger partial charge in [0.2, 0.25) is 0 Å². The third-order valence-electron chi connectivity index (χ3n) is 3.92. The summed E-state index contributed by atoms with van der Waals surface area (Å²) < 4.78 is 5.80. The van der Waals surface area contributed by atoms with E-state index in [2.05, 4.69) is 15.8 Å². The van der Waals surface area contributed by atoms with E-state index >= 15 is 0 Å². The van der Waals surface area contributed by atoms with Crippen LogP contribution in [0.5, 0.6) is 5.75 Å². The molecule has 1 atom stereocenters. The van der Waals surface area contributed by atoms with Crippen molar-refractivity contribution in [2.75, 3.05) is 0 Å². The van der Waals surface area contributed by atoms with E-state index in [-0.39, 0.29) is 12.6 Å². The van der Waals surface area contributed by atoms with Gasteiger partial charge >= 0.3 is 11.8 Å². The Bertz CT molecular complexity index is 919. The number of nitrogens with one attached hydrogen (secondary N) is 2. The first-order valence-corrected chi connectivity index (χ1v) is 9.93. The molecule has 0 aromatic heterocycles. The van der Waals surface area contributed by atoms with Crippen LogP contribution in [-0.2, 0) is 16.2 Å². The van der Waals surface area contributed by atoms with Gasteiger partial charge in [0.05, 0.1) is 16.3 Å². The van der Waals surface area contributed by atoms with Crippen molar-refractivity contribution in [3.8, 4) is 5.75 Å². The highest BCUT2D eigenvalue weighted by Gasteiger charge is 2.14.